The minimum absolute atomic E-state index is 0.120. The quantitative estimate of drug-likeness (QED) is 0.714. The van der Waals surface area contributed by atoms with Gasteiger partial charge in [0.25, 0.3) is 0 Å². The number of sulfonamides is 1. The number of methoxy groups -OCH3 is 2. The first-order valence-corrected chi connectivity index (χ1v) is 9.69. The van der Waals surface area contributed by atoms with Gasteiger partial charge in [0.1, 0.15) is 17.3 Å². The molecule has 0 heterocycles. The zero-order valence-electron chi connectivity index (χ0n) is 15.8. The largest absolute Gasteiger partial charge is 0.495 e. The van der Waals surface area contributed by atoms with Crippen molar-refractivity contribution in [3.05, 3.63) is 47.0 Å². The van der Waals surface area contributed by atoms with Crippen molar-refractivity contribution in [3.8, 4) is 17.2 Å². The van der Waals surface area contributed by atoms with Gasteiger partial charge in [-0.25, -0.2) is 13.1 Å². The van der Waals surface area contributed by atoms with E-state index in [2.05, 4.69) is 4.72 Å². The van der Waals surface area contributed by atoms with E-state index < -0.39 is 10.0 Å². The molecular formula is C19H25NO5S. The standard InChI is InChI=1S/C19H25NO5S/c1-13-6-7-16(17(10-13)23-4)25-9-8-20-26(21,22)19-12-15(3)14(2)11-18(19)24-5/h6-7,10-12,20H,8-9H2,1-5H3. The fourth-order valence-corrected chi connectivity index (χ4v) is 3.69. The summed E-state index contributed by atoms with van der Waals surface area (Å²) in [5, 5.41) is 0. The average molecular weight is 379 g/mol. The van der Waals surface area contributed by atoms with Crippen molar-refractivity contribution in [1.82, 2.24) is 4.72 Å². The van der Waals surface area contributed by atoms with Crippen LogP contribution in [0.1, 0.15) is 16.7 Å². The molecule has 7 heteroatoms. The van der Waals surface area contributed by atoms with Gasteiger partial charge in [-0.1, -0.05) is 6.07 Å². The van der Waals surface area contributed by atoms with E-state index in [1.807, 2.05) is 32.9 Å². The molecule has 0 atom stereocenters. The molecule has 142 valence electrons. The van der Waals surface area contributed by atoms with Crippen LogP contribution in [0.25, 0.3) is 0 Å². The highest BCUT2D eigenvalue weighted by molar-refractivity contribution is 7.89. The smallest absolute Gasteiger partial charge is 0.244 e. The Hall–Kier alpha value is -2.25. The Morgan fingerprint density at radius 1 is 0.885 bits per heavy atom. The van der Waals surface area contributed by atoms with E-state index in [0.29, 0.717) is 17.2 Å². The lowest BCUT2D eigenvalue weighted by atomic mass is 10.1. The van der Waals surface area contributed by atoms with E-state index in [0.717, 1.165) is 16.7 Å². The van der Waals surface area contributed by atoms with Gasteiger partial charge in [0.05, 0.1) is 14.2 Å². The summed E-state index contributed by atoms with van der Waals surface area (Å²) in [7, 11) is -0.685. The van der Waals surface area contributed by atoms with Gasteiger partial charge in [-0.05, 0) is 61.7 Å². The minimum Gasteiger partial charge on any atom is -0.495 e. The van der Waals surface area contributed by atoms with Gasteiger partial charge in [0.2, 0.25) is 10.0 Å². The molecule has 0 radical (unpaired) electrons. The van der Waals surface area contributed by atoms with Gasteiger partial charge in [0, 0.05) is 6.54 Å². The fraction of sp³-hybridized carbons (Fsp3) is 0.368. The van der Waals surface area contributed by atoms with E-state index in [1.165, 1.54) is 7.11 Å². The first-order chi connectivity index (χ1) is 12.3. The van der Waals surface area contributed by atoms with Crippen molar-refractivity contribution in [1.29, 1.82) is 0 Å². The van der Waals surface area contributed by atoms with Crippen LogP contribution in [-0.2, 0) is 10.0 Å². The molecule has 0 aliphatic heterocycles. The number of aryl methyl sites for hydroxylation is 3. The molecule has 0 aliphatic rings. The third kappa shape index (κ3) is 4.68. The fourth-order valence-electron chi connectivity index (χ4n) is 2.44. The molecule has 2 aromatic rings. The van der Waals surface area contributed by atoms with Crippen molar-refractivity contribution < 1.29 is 22.6 Å². The Kier molecular flexibility index (Phi) is 6.50. The predicted octanol–water partition coefficient (Wildman–Crippen LogP) is 2.99. The maximum Gasteiger partial charge on any atom is 0.244 e. The Morgan fingerprint density at radius 2 is 1.54 bits per heavy atom. The summed E-state index contributed by atoms with van der Waals surface area (Å²) in [4.78, 5) is 0.121. The van der Waals surface area contributed by atoms with Crippen LogP contribution in [0.5, 0.6) is 17.2 Å². The molecule has 0 aliphatic carbocycles. The number of benzene rings is 2. The van der Waals surface area contributed by atoms with Crippen LogP contribution in [0, 0.1) is 20.8 Å². The minimum atomic E-state index is -3.71. The van der Waals surface area contributed by atoms with Gasteiger partial charge in [0.15, 0.2) is 11.5 Å². The Labute approximate surface area is 155 Å². The summed E-state index contributed by atoms with van der Waals surface area (Å²) >= 11 is 0. The zero-order chi connectivity index (χ0) is 19.3. The molecule has 0 fully saturated rings. The monoisotopic (exact) mass is 379 g/mol. The topological polar surface area (TPSA) is 73.9 Å². The highest BCUT2D eigenvalue weighted by Gasteiger charge is 2.20. The van der Waals surface area contributed by atoms with Crippen molar-refractivity contribution >= 4 is 10.0 Å². The molecule has 1 N–H and O–H groups in total. The summed E-state index contributed by atoms with van der Waals surface area (Å²) in [6.07, 6.45) is 0. The van der Waals surface area contributed by atoms with E-state index in [9.17, 15) is 8.42 Å². The number of rotatable bonds is 8. The molecule has 2 rings (SSSR count). The van der Waals surface area contributed by atoms with E-state index >= 15 is 0 Å². The van der Waals surface area contributed by atoms with Crippen LogP contribution in [0.4, 0.5) is 0 Å². The average Bonchev–Trinajstić information content (AvgIpc) is 2.61. The molecule has 0 aromatic heterocycles. The summed E-state index contributed by atoms with van der Waals surface area (Å²) in [5.74, 6) is 1.51. The van der Waals surface area contributed by atoms with Crippen LogP contribution in [-0.4, -0.2) is 35.8 Å². The van der Waals surface area contributed by atoms with Crippen molar-refractivity contribution in [2.75, 3.05) is 27.4 Å². The first-order valence-electron chi connectivity index (χ1n) is 8.21. The molecule has 0 unspecified atom stereocenters. The normalized spacial score (nSPS) is 11.3. The number of ether oxygens (including phenoxy) is 3. The molecule has 26 heavy (non-hydrogen) atoms. The van der Waals surface area contributed by atoms with Crippen LogP contribution < -0.4 is 18.9 Å². The summed E-state index contributed by atoms with van der Waals surface area (Å²) in [6.45, 7) is 6.02. The predicted molar refractivity (Wildman–Crippen MR) is 101 cm³/mol. The highest BCUT2D eigenvalue weighted by atomic mass is 32.2. The molecular weight excluding hydrogens is 354 g/mol. The first kappa shape index (κ1) is 20.1. The maximum atomic E-state index is 12.6. The van der Waals surface area contributed by atoms with Crippen LogP contribution >= 0.6 is 0 Å². The van der Waals surface area contributed by atoms with Gasteiger partial charge < -0.3 is 14.2 Å². The lowest BCUT2D eigenvalue weighted by Gasteiger charge is -2.14. The van der Waals surface area contributed by atoms with Gasteiger partial charge >= 0.3 is 0 Å². The lowest BCUT2D eigenvalue weighted by Crippen LogP contribution is -2.28. The van der Waals surface area contributed by atoms with Gasteiger partial charge in [-0.15, -0.1) is 0 Å². The molecule has 6 nitrogen and oxygen atoms in total. The lowest BCUT2D eigenvalue weighted by molar-refractivity contribution is 0.298. The molecule has 0 spiro atoms. The van der Waals surface area contributed by atoms with Crippen molar-refractivity contribution in [2.24, 2.45) is 0 Å². The second-order valence-corrected chi connectivity index (χ2v) is 7.72. The molecule has 2 aromatic carbocycles. The summed E-state index contributed by atoms with van der Waals surface area (Å²) < 4.78 is 43.8. The zero-order valence-corrected chi connectivity index (χ0v) is 16.6. The summed E-state index contributed by atoms with van der Waals surface area (Å²) in [5.41, 5.74) is 2.90. The third-order valence-corrected chi connectivity index (χ3v) is 5.52. The second kappa shape index (κ2) is 8.42. The number of hydrogen-bond donors (Lipinski definition) is 1. The maximum absolute atomic E-state index is 12.6. The molecule has 0 bridgehead atoms. The summed E-state index contributed by atoms with van der Waals surface area (Å²) in [6, 6.07) is 8.90. The molecule has 0 amide bonds. The second-order valence-electron chi connectivity index (χ2n) is 5.99. The van der Waals surface area contributed by atoms with Crippen molar-refractivity contribution in [3.63, 3.8) is 0 Å². The highest BCUT2D eigenvalue weighted by Crippen LogP contribution is 2.28. The van der Waals surface area contributed by atoms with Gasteiger partial charge in [-0.2, -0.15) is 0 Å². The number of hydrogen-bond acceptors (Lipinski definition) is 5. The van der Waals surface area contributed by atoms with E-state index in [1.54, 1.807) is 25.3 Å². The molecule has 0 saturated carbocycles. The van der Waals surface area contributed by atoms with Gasteiger partial charge in [-0.3, -0.25) is 0 Å². The molecule has 0 saturated heterocycles. The third-order valence-electron chi connectivity index (χ3n) is 4.04. The van der Waals surface area contributed by atoms with Crippen LogP contribution in [0.2, 0.25) is 0 Å². The van der Waals surface area contributed by atoms with Crippen LogP contribution in [0.3, 0.4) is 0 Å². The van der Waals surface area contributed by atoms with Crippen LogP contribution in [0.15, 0.2) is 35.2 Å². The SMILES string of the molecule is COc1cc(C)ccc1OCCNS(=O)(=O)c1cc(C)c(C)cc1OC. The number of nitrogens with one attached hydrogen (secondary N) is 1. The van der Waals surface area contributed by atoms with E-state index in [4.69, 9.17) is 14.2 Å². The van der Waals surface area contributed by atoms with E-state index in [-0.39, 0.29) is 18.0 Å². The Morgan fingerprint density at radius 3 is 2.19 bits per heavy atom. The Bertz CT molecular complexity index is 878. The van der Waals surface area contributed by atoms with Crippen molar-refractivity contribution in [2.45, 2.75) is 25.7 Å². The Balaban J connectivity index is 2.04.